The van der Waals surface area contributed by atoms with E-state index in [1.807, 2.05) is 13.0 Å². The summed E-state index contributed by atoms with van der Waals surface area (Å²) >= 11 is 11.7. The van der Waals surface area contributed by atoms with Crippen molar-refractivity contribution in [1.29, 1.82) is 0 Å². The first kappa shape index (κ1) is 16.3. The summed E-state index contributed by atoms with van der Waals surface area (Å²) in [5.41, 5.74) is 0.832. The third-order valence-corrected chi connectivity index (χ3v) is 5.91. The zero-order valence-corrected chi connectivity index (χ0v) is 13.5. The Balaban J connectivity index is 2.50. The standard InChI is InChI=1S/C13H13Cl2NO4S/c1-8-2-4-16(5-3-8)21(19,20)12-6-9(13(17)18)10(14)7-11(12)15/h2,6-7H,3-5H2,1H3,(H,17,18). The van der Waals surface area contributed by atoms with Crippen LogP contribution in [0.2, 0.25) is 10.0 Å². The Morgan fingerprint density at radius 1 is 1.29 bits per heavy atom. The maximum Gasteiger partial charge on any atom is 0.337 e. The number of carboxylic acids is 1. The van der Waals surface area contributed by atoms with Crippen LogP contribution in [-0.4, -0.2) is 36.9 Å². The van der Waals surface area contributed by atoms with Gasteiger partial charge in [-0.05, 0) is 25.5 Å². The SMILES string of the molecule is CC1=CCN(S(=O)(=O)c2cc(C(=O)O)c(Cl)cc2Cl)CC1. The summed E-state index contributed by atoms with van der Waals surface area (Å²) < 4.78 is 26.4. The van der Waals surface area contributed by atoms with E-state index in [0.717, 1.165) is 17.7 Å². The molecule has 1 aliphatic rings. The summed E-state index contributed by atoms with van der Waals surface area (Å²) in [5.74, 6) is -1.30. The quantitative estimate of drug-likeness (QED) is 0.851. The van der Waals surface area contributed by atoms with Crippen molar-refractivity contribution in [2.24, 2.45) is 0 Å². The third-order valence-electron chi connectivity index (χ3n) is 3.27. The first-order chi connectivity index (χ1) is 9.73. The van der Waals surface area contributed by atoms with E-state index in [9.17, 15) is 13.2 Å². The van der Waals surface area contributed by atoms with E-state index in [-0.39, 0.29) is 27.0 Å². The minimum atomic E-state index is -3.85. The van der Waals surface area contributed by atoms with Gasteiger partial charge < -0.3 is 5.11 Å². The topological polar surface area (TPSA) is 74.7 Å². The highest BCUT2D eigenvalue weighted by Gasteiger charge is 2.29. The normalized spacial score (nSPS) is 16.6. The monoisotopic (exact) mass is 349 g/mol. The first-order valence-electron chi connectivity index (χ1n) is 6.11. The molecule has 21 heavy (non-hydrogen) atoms. The highest BCUT2D eigenvalue weighted by molar-refractivity contribution is 7.89. The minimum absolute atomic E-state index is 0.0868. The first-order valence-corrected chi connectivity index (χ1v) is 8.31. The average molecular weight is 350 g/mol. The molecule has 0 bridgehead atoms. The molecule has 0 saturated heterocycles. The van der Waals surface area contributed by atoms with Gasteiger partial charge in [0.05, 0.1) is 15.6 Å². The zero-order valence-electron chi connectivity index (χ0n) is 11.1. The molecule has 1 aromatic carbocycles. The second-order valence-electron chi connectivity index (χ2n) is 4.73. The van der Waals surface area contributed by atoms with Crippen LogP contribution in [0.3, 0.4) is 0 Å². The summed E-state index contributed by atoms with van der Waals surface area (Å²) in [6.07, 6.45) is 2.46. The molecule has 0 aliphatic carbocycles. The van der Waals surface area contributed by atoms with E-state index >= 15 is 0 Å². The number of hydrogen-bond acceptors (Lipinski definition) is 3. The van der Waals surface area contributed by atoms with Crippen LogP contribution in [0.4, 0.5) is 0 Å². The highest BCUT2D eigenvalue weighted by atomic mass is 35.5. The smallest absolute Gasteiger partial charge is 0.337 e. The number of hydrogen-bond donors (Lipinski definition) is 1. The lowest BCUT2D eigenvalue weighted by Gasteiger charge is -2.25. The van der Waals surface area contributed by atoms with Gasteiger partial charge in [0.15, 0.2) is 0 Å². The second kappa shape index (κ2) is 5.96. The number of halogens is 2. The fourth-order valence-electron chi connectivity index (χ4n) is 2.00. The highest BCUT2D eigenvalue weighted by Crippen LogP contribution is 2.31. The van der Waals surface area contributed by atoms with Crippen molar-refractivity contribution in [3.05, 3.63) is 39.4 Å². The lowest BCUT2D eigenvalue weighted by atomic mass is 10.1. The van der Waals surface area contributed by atoms with Crippen LogP contribution in [0, 0.1) is 0 Å². The van der Waals surface area contributed by atoms with Crippen molar-refractivity contribution in [3.8, 4) is 0 Å². The molecule has 5 nitrogen and oxygen atoms in total. The molecule has 1 aromatic rings. The van der Waals surface area contributed by atoms with Gasteiger partial charge in [-0.2, -0.15) is 4.31 Å². The van der Waals surface area contributed by atoms with Gasteiger partial charge >= 0.3 is 5.97 Å². The van der Waals surface area contributed by atoms with Crippen LogP contribution >= 0.6 is 23.2 Å². The summed E-state index contributed by atoms with van der Waals surface area (Å²) in [5, 5.41) is 8.86. The Bertz CT molecular complexity index is 728. The molecule has 1 heterocycles. The molecular weight excluding hydrogens is 337 g/mol. The van der Waals surface area contributed by atoms with E-state index in [2.05, 4.69) is 0 Å². The number of rotatable bonds is 3. The lowest BCUT2D eigenvalue weighted by Crippen LogP contribution is -2.34. The van der Waals surface area contributed by atoms with Crippen LogP contribution in [0.15, 0.2) is 28.7 Å². The van der Waals surface area contributed by atoms with E-state index in [1.54, 1.807) is 0 Å². The van der Waals surface area contributed by atoms with E-state index < -0.39 is 16.0 Å². The minimum Gasteiger partial charge on any atom is -0.478 e. The molecule has 0 radical (unpaired) electrons. The molecule has 114 valence electrons. The molecule has 0 spiro atoms. The third kappa shape index (κ3) is 3.23. The Labute approximate surface area is 132 Å². The molecule has 0 amide bonds. The Morgan fingerprint density at radius 3 is 2.48 bits per heavy atom. The summed E-state index contributed by atoms with van der Waals surface area (Å²) in [6.45, 7) is 2.52. The molecule has 8 heteroatoms. The van der Waals surface area contributed by atoms with Crippen LogP contribution in [-0.2, 0) is 10.0 Å². The van der Waals surface area contributed by atoms with Crippen molar-refractivity contribution >= 4 is 39.2 Å². The molecule has 2 rings (SSSR count). The van der Waals surface area contributed by atoms with Gasteiger partial charge in [0, 0.05) is 13.1 Å². The summed E-state index contributed by atoms with van der Waals surface area (Å²) in [7, 11) is -3.85. The molecule has 0 fully saturated rings. The molecule has 0 unspecified atom stereocenters. The summed E-state index contributed by atoms with van der Waals surface area (Å²) in [6, 6.07) is 2.15. The molecule has 0 saturated carbocycles. The van der Waals surface area contributed by atoms with Crippen LogP contribution in [0.25, 0.3) is 0 Å². The zero-order chi connectivity index (χ0) is 15.8. The number of aromatic carboxylic acids is 1. The van der Waals surface area contributed by atoms with Crippen LogP contribution < -0.4 is 0 Å². The predicted molar refractivity (Wildman–Crippen MR) is 80.6 cm³/mol. The number of carboxylic acid groups (broad SMARTS) is 1. The van der Waals surface area contributed by atoms with Crippen molar-refractivity contribution in [1.82, 2.24) is 4.31 Å². The van der Waals surface area contributed by atoms with Crippen molar-refractivity contribution < 1.29 is 18.3 Å². The van der Waals surface area contributed by atoms with Gasteiger partial charge in [0.25, 0.3) is 0 Å². The number of benzene rings is 1. The van der Waals surface area contributed by atoms with Crippen LogP contribution in [0.1, 0.15) is 23.7 Å². The van der Waals surface area contributed by atoms with E-state index in [0.29, 0.717) is 13.0 Å². The largest absolute Gasteiger partial charge is 0.478 e. The molecule has 1 aliphatic heterocycles. The lowest BCUT2D eigenvalue weighted by molar-refractivity contribution is 0.0697. The van der Waals surface area contributed by atoms with Crippen LogP contribution in [0.5, 0.6) is 0 Å². The molecular formula is C13H13Cl2NO4S. The van der Waals surface area contributed by atoms with E-state index in [4.69, 9.17) is 28.3 Å². The van der Waals surface area contributed by atoms with Gasteiger partial charge in [-0.1, -0.05) is 34.9 Å². The van der Waals surface area contributed by atoms with Gasteiger partial charge in [0.2, 0.25) is 10.0 Å². The average Bonchev–Trinajstić information content (AvgIpc) is 2.38. The van der Waals surface area contributed by atoms with Gasteiger partial charge in [-0.15, -0.1) is 0 Å². The van der Waals surface area contributed by atoms with Gasteiger partial charge in [0.1, 0.15) is 4.90 Å². The van der Waals surface area contributed by atoms with Crippen molar-refractivity contribution in [2.45, 2.75) is 18.2 Å². The molecule has 0 aromatic heterocycles. The predicted octanol–water partition coefficient (Wildman–Crippen LogP) is 3.03. The maximum absolute atomic E-state index is 12.6. The number of sulfonamides is 1. The van der Waals surface area contributed by atoms with E-state index in [1.165, 1.54) is 4.31 Å². The maximum atomic E-state index is 12.6. The Hall–Kier alpha value is -1.08. The second-order valence-corrected chi connectivity index (χ2v) is 7.45. The van der Waals surface area contributed by atoms with Gasteiger partial charge in [-0.3, -0.25) is 0 Å². The Kier molecular flexibility index (Phi) is 4.63. The van der Waals surface area contributed by atoms with Crippen molar-refractivity contribution in [2.75, 3.05) is 13.1 Å². The van der Waals surface area contributed by atoms with Gasteiger partial charge in [-0.25, -0.2) is 13.2 Å². The number of nitrogens with zero attached hydrogens (tertiary/aromatic N) is 1. The molecule has 0 atom stereocenters. The summed E-state index contributed by atoms with van der Waals surface area (Å²) in [4.78, 5) is 10.8. The Morgan fingerprint density at radius 2 is 1.95 bits per heavy atom. The number of carbonyl (C=O) groups is 1. The van der Waals surface area contributed by atoms with Crippen molar-refractivity contribution in [3.63, 3.8) is 0 Å². The fourth-order valence-corrected chi connectivity index (χ4v) is 4.21. The fraction of sp³-hybridized carbons (Fsp3) is 0.308. The molecule has 1 N–H and O–H groups in total.